The minimum Gasteiger partial charge on any atom is -0.325 e. The number of anilines is 1. The standard InChI is InChI=1S/C9H11NOS/c1-2-9(11)10-7-5-3-4-6-8(7)12/h3-6,12H,2H2,1H3,(H,10,11). The second-order valence-electron chi connectivity index (χ2n) is 2.42. The van der Waals surface area contributed by atoms with Gasteiger partial charge in [-0.1, -0.05) is 19.1 Å². The van der Waals surface area contributed by atoms with E-state index in [4.69, 9.17) is 0 Å². The maximum absolute atomic E-state index is 11.0. The Hall–Kier alpha value is -0.960. The summed E-state index contributed by atoms with van der Waals surface area (Å²) in [5.74, 6) is 0.0106. The lowest BCUT2D eigenvalue weighted by molar-refractivity contribution is -0.115. The number of thiol groups is 1. The minimum absolute atomic E-state index is 0.0106. The van der Waals surface area contributed by atoms with Crippen molar-refractivity contribution in [2.24, 2.45) is 0 Å². The number of para-hydroxylation sites is 1. The SMILES string of the molecule is CCC(=O)Nc1ccccc1S. The molecule has 2 nitrogen and oxygen atoms in total. The summed E-state index contributed by atoms with van der Waals surface area (Å²) in [5, 5.41) is 2.74. The van der Waals surface area contributed by atoms with Crippen LogP contribution in [0.3, 0.4) is 0 Å². The molecule has 1 amide bonds. The van der Waals surface area contributed by atoms with Crippen molar-refractivity contribution in [3.8, 4) is 0 Å². The zero-order valence-corrected chi connectivity index (χ0v) is 7.77. The molecule has 0 aliphatic carbocycles. The third-order valence-corrected chi connectivity index (χ3v) is 1.89. The van der Waals surface area contributed by atoms with Crippen LogP contribution in [0.25, 0.3) is 0 Å². The van der Waals surface area contributed by atoms with E-state index in [1.807, 2.05) is 31.2 Å². The molecule has 1 rings (SSSR count). The van der Waals surface area contributed by atoms with Crippen LogP contribution >= 0.6 is 12.6 Å². The molecular formula is C9H11NOS. The van der Waals surface area contributed by atoms with Crippen molar-refractivity contribution in [3.05, 3.63) is 24.3 Å². The van der Waals surface area contributed by atoms with Crippen LogP contribution in [0.1, 0.15) is 13.3 Å². The Morgan fingerprint density at radius 3 is 2.75 bits per heavy atom. The number of amides is 1. The van der Waals surface area contributed by atoms with Crippen LogP contribution in [0, 0.1) is 0 Å². The highest BCUT2D eigenvalue weighted by Gasteiger charge is 2.00. The maximum Gasteiger partial charge on any atom is 0.224 e. The molecule has 0 atom stereocenters. The van der Waals surface area contributed by atoms with Gasteiger partial charge in [0, 0.05) is 11.3 Å². The molecule has 0 spiro atoms. The van der Waals surface area contributed by atoms with Gasteiger partial charge in [0.2, 0.25) is 5.91 Å². The zero-order valence-electron chi connectivity index (χ0n) is 6.87. The molecule has 0 aliphatic heterocycles. The van der Waals surface area contributed by atoms with Crippen LogP contribution in [0.4, 0.5) is 5.69 Å². The number of hydrogen-bond acceptors (Lipinski definition) is 2. The third-order valence-electron chi connectivity index (χ3n) is 1.50. The Labute approximate surface area is 77.4 Å². The summed E-state index contributed by atoms with van der Waals surface area (Å²) in [6.07, 6.45) is 0.488. The van der Waals surface area contributed by atoms with Crippen molar-refractivity contribution in [2.75, 3.05) is 5.32 Å². The van der Waals surface area contributed by atoms with Gasteiger partial charge in [0.15, 0.2) is 0 Å². The van der Waals surface area contributed by atoms with Gasteiger partial charge in [-0.15, -0.1) is 12.6 Å². The summed E-state index contributed by atoms with van der Waals surface area (Å²) in [5.41, 5.74) is 0.771. The first-order valence-electron chi connectivity index (χ1n) is 3.82. The fraction of sp³-hybridized carbons (Fsp3) is 0.222. The topological polar surface area (TPSA) is 29.1 Å². The van der Waals surface area contributed by atoms with E-state index in [0.29, 0.717) is 6.42 Å². The molecule has 0 radical (unpaired) electrons. The van der Waals surface area contributed by atoms with E-state index >= 15 is 0 Å². The van der Waals surface area contributed by atoms with Gasteiger partial charge >= 0.3 is 0 Å². The first-order chi connectivity index (χ1) is 5.74. The molecule has 64 valence electrons. The number of rotatable bonds is 2. The Morgan fingerprint density at radius 2 is 2.17 bits per heavy atom. The Balaban J connectivity index is 2.75. The second-order valence-corrected chi connectivity index (χ2v) is 2.90. The van der Waals surface area contributed by atoms with Crippen LogP contribution in [-0.4, -0.2) is 5.91 Å². The van der Waals surface area contributed by atoms with Gasteiger partial charge in [-0.05, 0) is 12.1 Å². The normalized spacial score (nSPS) is 9.50. The summed E-state index contributed by atoms with van der Waals surface area (Å²) in [7, 11) is 0. The fourth-order valence-electron chi connectivity index (χ4n) is 0.818. The molecule has 3 heteroatoms. The number of hydrogen-bond donors (Lipinski definition) is 2. The Morgan fingerprint density at radius 1 is 1.50 bits per heavy atom. The lowest BCUT2D eigenvalue weighted by atomic mass is 10.3. The quantitative estimate of drug-likeness (QED) is 0.674. The predicted molar refractivity (Wildman–Crippen MR) is 52.6 cm³/mol. The molecule has 12 heavy (non-hydrogen) atoms. The van der Waals surface area contributed by atoms with Crippen molar-refractivity contribution in [1.29, 1.82) is 0 Å². The largest absolute Gasteiger partial charge is 0.325 e. The molecule has 0 bridgehead atoms. The van der Waals surface area contributed by atoms with E-state index < -0.39 is 0 Å². The van der Waals surface area contributed by atoms with Gasteiger partial charge in [-0.25, -0.2) is 0 Å². The molecule has 0 heterocycles. The summed E-state index contributed by atoms with van der Waals surface area (Å²) < 4.78 is 0. The van der Waals surface area contributed by atoms with Crippen LogP contribution in [0.2, 0.25) is 0 Å². The number of nitrogens with one attached hydrogen (secondary N) is 1. The molecular weight excluding hydrogens is 170 g/mol. The lowest BCUT2D eigenvalue weighted by Gasteiger charge is -2.04. The fourth-order valence-corrected chi connectivity index (χ4v) is 1.03. The van der Waals surface area contributed by atoms with Crippen LogP contribution < -0.4 is 5.32 Å². The average Bonchev–Trinajstić information content (AvgIpc) is 2.09. The predicted octanol–water partition coefficient (Wildman–Crippen LogP) is 2.32. The van der Waals surface area contributed by atoms with Crippen molar-refractivity contribution >= 4 is 24.2 Å². The summed E-state index contributed by atoms with van der Waals surface area (Å²) in [4.78, 5) is 11.8. The zero-order chi connectivity index (χ0) is 8.97. The third kappa shape index (κ3) is 2.27. The van der Waals surface area contributed by atoms with Gasteiger partial charge in [0.1, 0.15) is 0 Å². The smallest absolute Gasteiger partial charge is 0.224 e. The molecule has 0 saturated heterocycles. The summed E-state index contributed by atoms with van der Waals surface area (Å²) in [6.45, 7) is 1.82. The van der Waals surface area contributed by atoms with Crippen molar-refractivity contribution < 1.29 is 4.79 Å². The minimum atomic E-state index is 0.0106. The van der Waals surface area contributed by atoms with Crippen molar-refractivity contribution in [1.82, 2.24) is 0 Å². The molecule has 1 aromatic carbocycles. The Kier molecular flexibility index (Phi) is 3.17. The van der Waals surface area contributed by atoms with Gasteiger partial charge in [0.05, 0.1) is 5.69 Å². The van der Waals surface area contributed by atoms with E-state index in [-0.39, 0.29) is 5.91 Å². The molecule has 0 fully saturated rings. The molecule has 0 aromatic heterocycles. The van der Waals surface area contributed by atoms with Gasteiger partial charge in [-0.3, -0.25) is 4.79 Å². The van der Waals surface area contributed by atoms with Crippen LogP contribution in [0.15, 0.2) is 29.2 Å². The highest BCUT2D eigenvalue weighted by atomic mass is 32.1. The van der Waals surface area contributed by atoms with Gasteiger partial charge in [0.25, 0.3) is 0 Å². The van der Waals surface area contributed by atoms with Gasteiger partial charge in [-0.2, -0.15) is 0 Å². The highest BCUT2D eigenvalue weighted by Crippen LogP contribution is 2.18. The van der Waals surface area contributed by atoms with E-state index in [1.54, 1.807) is 0 Å². The molecule has 1 N–H and O–H groups in total. The number of carbonyl (C=O) groups is 1. The van der Waals surface area contributed by atoms with Crippen molar-refractivity contribution in [2.45, 2.75) is 18.2 Å². The lowest BCUT2D eigenvalue weighted by Crippen LogP contribution is -2.09. The summed E-state index contributed by atoms with van der Waals surface area (Å²) >= 11 is 4.20. The van der Waals surface area contributed by atoms with Crippen LogP contribution in [-0.2, 0) is 4.79 Å². The van der Waals surface area contributed by atoms with E-state index in [1.165, 1.54) is 0 Å². The monoisotopic (exact) mass is 181 g/mol. The van der Waals surface area contributed by atoms with Gasteiger partial charge < -0.3 is 5.32 Å². The number of benzene rings is 1. The molecule has 1 aromatic rings. The highest BCUT2D eigenvalue weighted by molar-refractivity contribution is 7.80. The van der Waals surface area contributed by atoms with E-state index in [9.17, 15) is 4.79 Å². The Bertz CT molecular complexity index is 286. The maximum atomic E-state index is 11.0. The molecule has 0 saturated carbocycles. The second kappa shape index (κ2) is 4.16. The van der Waals surface area contributed by atoms with E-state index in [2.05, 4.69) is 17.9 Å². The number of carbonyl (C=O) groups excluding carboxylic acids is 1. The van der Waals surface area contributed by atoms with Crippen LogP contribution in [0.5, 0.6) is 0 Å². The van der Waals surface area contributed by atoms with E-state index in [0.717, 1.165) is 10.6 Å². The first-order valence-corrected chi connectivity index (χ1v) is 4.26. The van der Waals surface area contributed by atoms with Crippen molar-refractivity contribution in [3.63, 3.8) is 0 Å². The molecule has 0 aliphatic rings. The summed E-state index contributed by atoms with van der Waals surface area (Å²) in [6, 6.07) is 7.42. The average molecular weight is 181 g/mol. The molecule has 0 unspecified atom stereocenters. The first kappa shape index (κ1) is 9.13.